The third-order valence-electron chi connectivity index (χ3n) is 4.03. The molecule has 3 nitrogen and oxygen atoms in total. The van der Waals surface area contributed by atoms with Gasteiger partial charge < -0.3 is 4.90 Å². The van der Waals surface area contributed by atoms with Crippen molar-refractivity contribution in [2.75, 3.05) is 18.0 Å². The lowest BCUT2D eigenvalue weighted by Gasteiger charge is -2.22. The molecule has 2 aromatic heterocycles. The third kappa shape index (κ3) is 2.34. The van der Waals surface area contributed by atoms with Crippen molar-refractivity contribution in [1.82, 2.24) is 9.97 Å². The van der Waals surface area contributed by atoms with E-state index in [2.05, 4.69) is 23.7 Å². The van der Waals surface area contributed by atoms with Gasteiger partial charge in [-0.1, -0.05) is 12.8 Å². The molecule has 1 fully saturated rings. The molecule has 0 unspecified atom stereocenters. The Morgan fingerprint density at radius 2 is 1.63 bits per heavy atom. The van der Waals surface area contributed by atoms with Crippen LogP contribution in [0, 0.1) is 20.8 Å². The number of rotatable bonds is 1. The highest BCUT2D eigenvalue weighted by molar-refractivity contribution is 7.18. The van der Waals surface area contributed by atoms with Gasteiger partial charge >= 0.3 is 0 Å². The van der Waals surface area contributed by atoms with Gasteiger partial charge in [0.1, 0.15) is 16.5 Å². The first kappa shape index (κ1) is 12.9. The average molecular weight is 275 g/mol. The summed E-state index contributed by atoms with van der Waals surface area (Å²) in [6.07, 6.45) is 5.27. The minimum absolute atomic E-state index is 0.896. The quantitative estimate of drug-likeness (QED) is 0.788. The van der Waals surface area contributed by atoms with E-state index >= 15 is 0 Å². The van der Waals surface area contributed by atoms with Crippen molar-refractivity contribution in [2.24, 2.45) is 0 Å². The Morgan fingerprint density at radius 1 is 0.947 bits per heavy atom. The van der Waals surface area contributed by atoms with Crippen LogP contribution in [0.5, 0.6) is 0 Å². The molecule has 1 aliphatic rings. The molecule has 0 radical (unpaired) electrons. The van der Waals surface area contributed by atoms with Gasteiger partial charge in [-0.3, -0.25) is 0 Å². The fraction of sp³-hybridized carbons (Fsp3) is 0.600. The molecule has 0 spiro atoms. The lowest BCUT2D eigenvalue weighted by molar-refractivity contribution is 0.726. The molecule has 2 aromatic rings. The van der Waals surface area contributed by atoms with Crippen LogP contribution in [0.1, 0.15) is 41.9 Å². The largest absolute Gasteiger partial charge is 0.356 e. The highest BCUT2D eigenvalue weighted by Gasteiger charge is 2.19. The summed E-state index contributed by atoms with van der Waals surface area (Å²) in [5.41, 5.74) is 1.36. The molecule has 1 saturated heterocycles. The first-order valence-corrected chi connectivity index (χ1v) is 7.98. The van der Waals surface area contributed by atoms with Gasteiger partial charge in [0.2, 0.25) is 0 Å². The summed E-state index contributed by atoms with van der Waals surface area (Å²) >= 11 is 1.80. The monoisotopic (exact) mass is 275 g/mol. The number of hydrogen-bond donors (Lipinski definition) is 0. The van der Waals surface area contributed by atoms with E-state index in [1.807, 2.05) is 6.92 Å². The van der Waals surface area contributed by atoms with Crippen molar-refractivity contribution in [3.8, 4) is 0 Å². The normalized spacial score (nSPS) is 16.9. The van der Waals surface area contributed by atoms with Crippen molar-refractivity contribution >= 4 is 27.4 Å². The van der Waals surface area contributed by atoms with Gasteiger partial charge in [-0.2, -0.15) is 0 Å². The zero-order chi connectivity index (χ0) is 13.4. The molecule has 0 saturated carbocycles. The number of fused-ring (bicyclic) bond motifs is 1. The van der Waals surface area contributed by atoms with Crippen LogP contribution in [0.2, 0.25) is 0 Å². The van der Waals surface area contributed by atoms with Gasteiger partial charge in [0.05, 0.1) is 5.39 Å². The van der Waals surface area contributed by atoms with Gasteiger partial charge in [-0.25, -0.2) is 9.97 Å². The molecule has 3 rings (SSSR count). The second-order valence-electron chi connectivity index (χ2n) is 5.46. The van der Waals surface area contributed by atoms with Crippen LogP contribution in [0.4, 0.5) is 5.82 Å². The van der Waals surface area contributed by atoms with E-state index in [1.54, 1.807) is 11.3 Å². The molecule has 102 valence electrons. The highest BCUT2D eigenvalue weighted by Crippen LogP contribution is 2.35. The zero-order valence-electron chi connectivity index (χ0n) is 12.0. The molecule has 0 bridgehead atoms. The molecule has 0 aliphatic carbocycles. The summed E-state index contributed by atoms with van der Waals surface area (Å²) in [4.78, 5) is 14.4. The van der Waals surface area contributed by atoms with Crippen LogP contribution >= 0.6 is 11.3 Å². The molecule has 1 aliphatic heterocycles. The van der Waals surface area contributed by atoms with Crippen molar-refractivity contribution in [1.29, 1.82) is 0 Å². The van der Waals surface area contributed by atoms with Crippen molar-refractivity contribution in [2.45, 2.75) is 46.5 Å². The Hall–Kier alpha value is -1.16. The van der Waals surface area contributed by atoms with E-state index < -0.39 is 0 Å². The highest BCUT2D eigenvalue weighted by atomic mass is 32.1. The summed E-state index contributed by atoms with van der Waals surface area (Å²) in [6, 6.07) is 0. The standard InChI is InChI=1S/C15H21N3S/c1-10-11(2)19-15-13(10)14(16-12(3)17-15)18-8-6-4-5-7-9-18/h4-9H2,1-3H3. The predicted octanol–water partition coefficient (Wildman–Crippen LogP) is 4.00. The fourth-order valence-electron chi connectivity index (χ4n) is 2.84. The van der Waals surface area contributed by atoms with Crippen LogP contribution < -0.4 is 4.90 Å². The van der Waals surface area contributed by atoms with Gasteiger partial charge in [0.15, 0.2) is 0 Å². The van der Waals surface area contributed by atoms with E-state index in [9.17, 15) is 0 Å². The Morgan fingerprint density at radius 3 is 2.32 bits per heavy atom. The molecule has 0 amide bonds. The molecule has 19 heavy (non-hydrogen) atoms. The molecule has 4 heteroatoms. The topological polar surface area (TPSA) is 29.0 Å². The maximum absolute atomic E-state index is 4.76. The maximum Gasteiger partial charge on any atom is 0.141 e. The SMILES string of the molecule is Cc1nc(N2CCCCCC2)c2c(C)c(C)sc2n1. The number of hydrogen-bond acceptors (Lipinski definition) is 4. The molecule has 0 atom stereocenters. The van der Waals surface area contributed by atoms with E-state index in [1.165, 1.54) is 47.3 Å². The number of aromatic nitrogens is 2. The van der Waals surface area contributed by atoms with Crippen LogP contribution in [0.25, 0.3) is 10.2 Å². The first-order valence-electron chi connectivity index (χ1n) is 7.16. The average Bonchev–Trinajstić information content (AvgIpc) is 2.61. The molecule has 3 heterocycles. The van der Waals surface area contributed by atoms with Gasteiger partial charge in [-0.15, -0.1) is 11.3 Å². The van der Waals surface area contributed by atoms with Crippen LogP contribution in [-0.4, -0.2) is 23.1 Å². The summed E-state index contributed by atoms with van der Waals surface area (Å²) in [6.45, 7) is 8.67. The van der Waals surface area contributed by atoms with E-state index in [0.717, 1.165) is 23.7 Å². The van der Waals surface area contributed by atoms with Gasteiger partial charge in [0, 0.05) is 18.0 Å². The van der Waals surface area contributed by atoms with E-state index in [-0.39, 0.29) is 0 Å². The molecule has 0 N–H and O–H groups in total. The summed E-state index contributed by atoms with van der Waals surface area (Å²) in [5.74, 6) is 2.07. The summed E-state index contributed by atoms with van der Waals surface area (Å²) in [5, 5.41) is 1.29. The van der Waals surface area contributed by atoms with Crippen molar-refractivity contribution in [3.63, 3.8) is 0 Å². The van der Waals surface area contributed by atoms with Crippen molar-refractivity contribution in [3.05, 3.63) is 16.3 Å². The second kappa shape index (κ2) is 5.08. The number of anilines is 1. The Balaban J connectivity index is 2.15. The maximum atomic E-state index is 4.76. The number of thiophene rings is 1. The van der Waals surface area contributed by atoms with E-state index in [4.69, 9.17) is 4.98 Å². The zero-order valence-corrected chi connectivity index (χ0v) is 12.8. The number of nitrogens with zero attached hydrogens (tertiary/aromatic N) is 3. The Bertz CT molecular complexity index is 595. The first-order chi connectivity index (χ1) is 9.16. The van der Waals surface area contributed by atoms with Gasteiger partial charge in [0.25, 0.3) is 0 Å². The smallest absolute Gasteiger partial charge is 0.141 e. The van der Waals surface area contributed by atoms with E-state index in [0.29, 0.717) is 0 Å². The van der Waals surface area contributed by atoms with Crippen LogP contribution in [0.15, 0.2) is 0 Å². The molecule has 0 aromatic carbocycles. The predicted molar refractivity (Wildman–Crippen MR) is 82.3 cm³/mol. The summed E-state index contributed by atoms with van der Waals surface area (Å²) in [7, 11) is 0. The van der Waals surface area contributed by atoms with Crippen LogP contribution in [0.3, 0.4) is 0 Å². The summed E-state index contributed by atoms with van der Waals surface area (Å²) < 4.78 is 0. The van der Waals surface area contributed by atoms with Crippen molar-refractivity contribution < 1.29 is 0 Å². The second-order valence-corrected chi connectivity index (χ2v) is 6.66. The van der Waals surface area contributed by atoms with Gasteiger partial charge in [-0.05, 0) is 39.2 Å². The number of aryl methyl sites for hydroxylation is 3. The Labute approximate surface area is 118 Å². The molecular weight excluding hydrogens is 254 g/mol. The lowest BCUT2D eigenvalue weighted by Crippen LogP contribution is -2.25. The lowest BCUT2D eigenvalue weighted by atomic mass is 10.2. The Kier molecular flexibility index (Phi) is 3.44. The molecular formula is C15H21N3S. The third-order valence-corrected chi connectivity index (χ3v) is 5.13. The van der Waals surface area contributed by atoms with Crippen LogP contribution in [-0.2, 0) is 0 Å². The minimum Gasteiger partial charge on any atom is -0.356 e. The fourth-order valence-corrected chi connectivity index (χ4v) is 3.91. The minimum atomic E-state index is 0.896.